The maximum atomic E-state index is 13.8. The molecule has 0 unspecified atom stereocenters. The Kier molecular flexibility index (Phi) is 13.4. The van der Waals surface area contributed by atoms with Crippen LogP contribution >= 0.6 is 0 Å². The number of ether oxygens (including phenoxy) is 1. The van der Waals surface area contributed by atoms with Crippen LogP contribution in [0.3, 0.4) is 0 Å². The van der Waals surface area contributed by atoms with Gasteiger partial charge in [0.2, 0.25) is 0 Å². The number of methoxy groups -OCH3 is 1. The van der Waals surface area contributed by atoms with Gasteiger partial charge in [-0.05, 0) is 137 Å². The number of aromatic amines is 2. The maximum Gasteiger partial charge on any atom is 0.338 e. The van der Waals surface area contributed by atoms with Gasteiger partial charge in [0, 0.05) is 49.9 Å². The van der Waals surface area contributed by atoms with E-state index >= 15 is 0 Å². The Morgan fingerprint density at radius 3 is 0.947 bits per heavy atom. The molecule has 0 atom stereocenters. The summed E-state index contributed by atoms with van der Waals surface area (Å²) in [4.78, 5) is 33.2. The molecule has 0 fully saturated rings. The minimum atomic E-state index is -0.428. The molecule has 8 bridgehead atoms. The molecule has 7 aromatic rings. The zero-order valence-electron chi connectivity index (χ0n) is 48.8. The second kappa shape index (κ2) is 18.9. The molecule has 6 nitrogen and oxygen atoms in total. The minimum Gasteiger partial charge on any atom is -0.465 e. The summed E-state index contributed by atoms with van der Waals surface area (Å²) in [7, 11) is 1.43. The third-order valence-corrected chi connectivity index (χ3v) is 15.2. The number of nitrogens with one attached hydrogen (secondary N) is 2. The van der Waals surface area contributed by atoms with E-state index in [4.69, 9.17) is 14.7 Å². The standard InChI is InChI=1S/C70H80N4O2/c1-65(2,3)44-32-41(33-45(38-44)66(4,5)6)60-52-24-26-54(71-52)61(42-34-46(67(7,8)9)39-47(35-42)68(10,11)12)56-28-30-58(73-56)63(50-22-20-21-23-51(50)64(75)76-19)59-31-29-57(74-59)62(55-27-25-53(60)72-55)43-36-48(69(13,14)15)40-49(37-43)70(16,17)18/h20-40,71-72H,1-19H3. The van der Waals surface area contributed by atoms with E-state index in [0.29, 0.717) is 22.5 Å². The van der Waals surface area contributed by atoms with Gasteiger partial charge in [-0.1, -0.05) is 197 Å². The van der Waals surface area contributed by atoms with Crippen molar-refractivity contribution in [1.29, 1.82) is 0 Å². The molecule has 0 saturated heterocycles. The number of aromatic nitrogens is 4. The normalized spacial score (nSPS) is 13.4. The second-order valence-corrected chi connectivity index (χ2v) is 27.4. The van der Waals surface area contributed by atoms with Crippen LogP contribution in [0.1, 0.15) is 191 Å². The SMILES string of the molecule is COC(=O)c1ccccc1-c1c2nc(c(-c3cc(C(C)(C)C)cc(C(C)(C)C)c3)c3ccc([nH]3)c(-c3cc(C(C)(C)C)cc(C(C)(C)C)c3)c3ccc([nH]3)c(-c3cc(C(C)(C)C)cc(C(C)(C)C)c3)c3nc1C=C3)C=C2. The van der Waals surface area contributed by atoms with E-state index in [1.54, 1.807) is 0 Å². The minimum absolute atomic E-state index is 0.111. The van der Waals surface area contributed by atoms with E-state index in [0.717, 1.165) is 72.4 Å². The molecule has 0 spiro atoms. The van der Waals surface area contributed by atoms with Crippen molar-refractivity contribution >= 4 is 52.3 Å². The molecule has 76 heavy (non-hydrogen) atoms. The first-order valence-electron chi connectivity index (χ1n) is 27.1. The Bertz CT molecular complexity index is 3420. The number of carbonyl (C=O) groups is 1. The summed E-state index contributed by atoms with van der Waals surface area (Å²) in [6, 6.07) is 37.9. The van der Waals surface area contributed by atoms with Crippen LogP contribution < -0.4 is 0 Å². The highest BCUT2D eigenvalue weighted by molar-refractivity contribution is 6.03. The average Bonchev–Trinajstić information content (AvgIpc) is 4.21. The Balaban J connectivity index is 1.55. The van der Waals surface area contributed by atoms with Gasteiger partial charge in [0.15, 0.2) is 0 Å². The van der Waals surface area contributed by atoms with Crippen LogP contribution in [0, 0.1) is 0 Å². The molecule has 5 heterocycles. The van der Waals surface area contributed by atoms with Crippen molar-refractivity contribution in [2.75, 3.05) is 7.11 Å². The Hall–Kier alpha value is -7.05. The van der Waals surface area contributed by atoms with Crippen LogP contribution in [0.5, 0.6) is 0 Å². The van der Waals surface area contributed by atoms with Crippen molar-refractivity contribution < 1.29 is 9.53 Å². The van der Waals surface area contributed by atoms with Gasteiger partial charge in [0.05, 0.1) is 35.4 Å². The fourth-order valence-corrected chi connectivity index (χ4v) is 10.3. The lowest BCUT2D eigenvalue weighted by molar-refractivity contribution is 0.0601. The summed E-state index contributed by atoms with van der Waals surface area (Å²) in [5.74, 6) is -0.428. The zero-order chi connectivity index (χ0) is 55.2. The molecule has 0 aliphatic carbocycles. The van der Waals surface area contributed by atoms with Gasteiger partial charge < -0.3 is 14.7 Å². The van der Waals surface area contributed by atoms with Crippen LogP contribution in [-0.4, -0.2) is 33.0 Å². The lowest BCUT2D eigenvalue weighted by Crippen LogP contribution is -2.16. The molecule has 2 aliphatic heterocycles. The van der Waals surface area contributed by atoms with Crippen LogP contribution in [0.2, 0.25) is 0 Å². The summed E-state index contributed by atoms with van der Waals surface area (Å²) >= 11 is 0. The fraction of sp³-hybridized carbons (Fsp3) is 0.357. The van der Waals surface area contributed by atoms with Gasteiger partial charge in [0.25, 0.3) is 0 Å². The molecule has 392 valence electrons. The maximum absolute atomic E-state index is 13.8. The summed E-state index contributed by atoms with van der Waals surface area (Å²) < 4.78 is 5.45. The molecule has 2 N–H and O–H groups in total. The van der Waals surface area contributed by atoms with Crippen LogP contribution in [-0.2, 0) is 37.2 Å². The lowest BCUT2D eigenvalue weighted by Gasteiger charge is -2.26. The first kappa shape index (κ1) is 53.8. The van der Waals surface area contributed by atoms with Crippen LogP contribution in [0.4, 0.5) is 0 Å². The summed E-state index contributed by atoms with van der Waals surface area (Å²) in [6.07, 6.45) is 8.42. The molecular formula is C70H80N4O2. The molecule has 4 aromatic carbocycles. The smallest absolute Gasteiger partial charge is 0.338 e. The first-order chi connectivity index (χ1) is 35.3. The molecular weight excluding hydrogens is 929 g/mol. The zero-order valence-corrected chi connectivity index (χ0v) is 48.8. The van der Waals surface area contributed by atoms with Gasteiger partial charge >= 0.3 is 5.97 Å². The van der Waals surface area contributed by atoms with E-state index in [2.05, 4.69) is 238 Å². The molecule has 0 saturated carbocycles. The summed E-state index contributed by atoms with van der Waals surface area (Å²) in [6.45, 7) is 41.2. The van der Waals surface area contributed by atoms with E-state index < -0.39 is 5.97 Å². The number of fused-ring (bicyclic) bond motifs is 8. The van der Waals surface area contributed by atoms with Crippen molar-refractivity contribution in [1.82, 2.24) is 19.9 Å². The van der Waals surface area contributed by atoms with E-state index in [1.165, 1.54) is 40.5 Å². The van der Waals surface area contributed by atoms with Gasteiger partial charge in [-0.2, -0.15) is 0 Å². The fourth-order valence-electron chi connectivity index (χ4n) is 10.3. The highest BCUT2D eigenvalue weighted by atomic mass is 16.5. The molecule has 3 aromatic heterocycles. The molecule has 9 rings (SSSR count). The number of esters is 1. The second-order valence-electron chi connectivity index (χ2n) is 27.4. The average molecular weight is 1010 g/mol. The van der Waals surface area contributed by atoms with Gasteiger partial charge in [-0.3, -0.25) is 0 Å². The van der Waals surface area contributed by atoms with Crippen molar-refractivity contribution in [3.05, 3.63) is 165 Å². The summed E-state index contributed by atoms with van der Waals surface area (Å²) in [5, 5.41) is 0. The Labute approximate surface area is 453 Å². The van der Waals surface area contributed by atoms with Gasteiger partial charge in [-0.25, -0.2) is 14.8 Å². The largest absolute Gasteiger partial charge is 0.465 e. The van der Waals surface area contributed by atoms with Gasteiger partial charge in [-0.15, -0.1) is 0 Å². The molecule has 6 heteroatoms. The Morgan fingerprint density at radius 1 is 0.368 bits per heavy atom. The Morgan fingerprint density at radius 2 is 0.645 bits per heavy atom. The van der Waals surface area contributed by atoms with E-state index in [1.807, 2.05) is 24.3 Å². The van der Waals surface area contributed by atoms with Crippen LogP contribution in [0.15, 0.2) is 103 Å². The third-order valence-electron chi connectivity index (χ3n) is 15.2. The van der Waals surface area contributed by atoms with Crippen molar-refractivity contribution in [2.45, 2.75) is 157 Å². The predicted octanol–water partition coefficient (Wildman–Crippen LogP) is 18.9. The van der Waals surface area contributed by atoms with Crippen molar-refractivity contribution in [3.8, 4) is 44.5 Å². The van der Waals surface area contributed by atoms with Gasteiger partial charge in [0.1, 0.15) is 0 Å². The summed E-state index contributed by atoms with van der Waals surface area (Å²) in [5.41, 5.74) is 21.8. The van der Waals surface area contributed by atoms with Crippen LogP contribution in [0.25, 0.3) is 90.9 Å². The number of carbonyl (C=O) groups excluding carboxylic acids is 1. The van der Waals surface area contributed by atoms with E-state index in [-0.39, 0.29) is 32.5 Å². The number of H-pyrrole nitrogens is 2. The van der Waals surface area contributed by atoms with Crippen molar-refractivity contribution in [2.24, 2.45) is 0 Å². The topological polar surface area (TPSA) is 83.7 Å². The highest BCUT2D eigenvalue weighted by Gasteiger charge is 2.28. The predicted molar refractivity (Wildman–Crippen MR) is 324 cm³/mol. The number of hydrogen-bond acceptors (Lipinski definition) is 4. The number of rotatable bonds is 5. The molecule has 2 aliphatic rings. The quantitative estimate of drug-likeness (QED) is 0.168. The number of nitrogens with zero attached hydrogens (tertiary/aromatic N) is 2. The van der Waals surface area contributed by atoms with E-state index in [9.17, 15) is 4.79 Å². The highest BCUT2D eigenvalue weighted by Crippen LogP contribution is 2.44. The lowest BCUT2D eigenvalue weighted by atomic mass is 9.78. The first-order valence-corrected chi connectivity index (χ1v) is 27.1. The molecule has 0 amide bonds. The molecule has 0 radical (unpaired) electrons. The third kappa shape index (κ3) is 10.6. The van der Waals surface area contributed by atoms with Crippen molar-refractivity contribution in [3.63, 3.8) is 0 Å². The number of hydrogen-bond donors (Lipinski definition) is 2. The number of benzene rings is 4. The monoisotopic (exact) mass is 1010 g/mol.